The fourth-order valence-corrected chi connectivity index (χ4v) is 5.03. The largest absolute Gasteiger partial charge is 0.454 e. The number of furan rings is 1. The minimum atomic E-state index is -0.0920. The third-order valence-electron chi connectivity index (χ3n) is 5.76. The summed E-state index contributed by atoms with van der Waals surface area (Å²) < 4.78 is 5.84. The number of hydrogen-bond acceptors (Lipinski definition) is 7. The molecule has 0 radical (unpaired) electrons. The Labute approximate surface area is 184 Å². The van der Waals surface area contributed by atoms with Crippen molar-refractivity contribution in [3.8, 4) is 11.3 Å². The van der Waals surface area contributed by atoms with Gasteiger partial charge >= 0.3 is 0 Å². The molecule has 1 N–H and O–H groups in total. The molecule has 2 atom stereocenters. The van der Waals surface area contributed by atoms with Crippen molar-refractivity contribution in [2.24, 2.45) is 0 Å². The first-order valence-electron chi connectivity index (χ1n) is 10.4. The molecule has 1 saturated heterocycles. The molecular formula is C23H23N5O2S. The summed E-state index contributed by atoms with van der Waals surface area (Å²) in [6.45, 7) is 2.69. The molecule has 1 aromatic carbocycles. The predicted molar refractivity (Wildman–Crippen MR) is 120 cm³/mol. The molecule has 4 heterocycles. The van der Waals surface area contributed by atoms with Gasteiger partial charge in [-0.1, -0.05) is 41.7 Å². The van der Waals surface area contributed by atoms with Gasteiger partial charge in [0.1, 0.15) is 33.1 Å². The van der Waals surface area contributed by atoms with Gasteiger partial charge in [0, 0.05) is 12.1 Å². The Morgan fingerprint density at radius 3 is 2.87 bits per heavy atom. The minimum Gasteiger partial charge on any atom is -0.454 e. The van der Waals surface area contributed by atoms with Crippen LogP contribution in [-0.4, -0.2) is 39.4 Å². The maximum absolute atomic E-state index is 13.2. The average molecular weight is 434 g/mol. The van der Waals surface area contributed by atoms with Gasteiger partial charge in [0.25, 0.3) is 5.91 Å². The summed E-state index contributed by atoms with van der Waals surface area (Å²) in [5, 5.41) is 4.03. The first kappa shape index (κ1) is 19.8. The van der Waals surface area contributed by atoms with Crippen LogP contribution in [0.1, 0.15) is 53.2 Å². The number of carbonyl (C=O) groups is 1. The number of benzene rings is 1. The van der Waals surface area contributed by atoms with Crippen LogP contribution >= 0.6 is 11.3 Å². The Kier molecular flexibility index (Phi) is 5.25. The van der Waals surface area contributed by atoms with E-state index in [1.807, 2.05) is 55.3 Å². The number of rotatable bonds is 5. The fourth-order valence-electron chi connectivity index (χ4n) is 3.97. The van der Waals surface area contributed by atoms with Crippen LogP contribution in [0.3, 0.4) is 0 Å². The van der Waals surface area contributed by atoms with Gasteiger partial charge in [-0.05, 0) is 38.9 Å². The molecule has 8 heteroatoms. The smallest absolute Gasteiger partial charge is 0.290 e. The molecule has 0 bridgehead atoms. The van der Waals surface area contributed by atoms with Crippen molar-refractivity contribution < 1.29 is 9.21 Å². The number of nitrogens with zero attached hydrogens (tertiary/aromatic N) is 4. The molecule has 1 aliphatic heterocycles. The Morgan fingerprint density at radius 1 is 1.23 bits per heavy atom. The van der Waals surface area contributed by atoms with Gasteiger partial charge in [-0.2, -0.15) is 0 Å². The maximum atomic E-state index is 13.2. The van der Waals surface area contributed by atoms with Crippen molar-refractivity contribution in [1.82, 2.24) is 25.2 Å². The molecule has 0 saturated carbocycles. The highest BCUT2D eigenvalue weighted by molar-refractivity contribution is 7.18. The zero-order chi connectivity index (χ0) is 21.4. The zero-order valence-corrected chi connectivity index (χ0v) is 18.2. The molecule has 0 spiro atoms. The standard InChI is InChI=1S/C23H23N5O2S/c1-14(24-2)17-10-11-18(30-17)23(29)28-12-6-9-16(28)21-27-20-19(15-7-4-3-5-8-15)25-13-26-22(20)31-21/h3-5,7-8,10-11,13-14,16,24H,6,9,12H2,1-2H3/t14?,16-/m0/s1. The first-order valence-corrected chi connectivity index (χ1v) is 11.2. The molecule has 5 rings (SSSR count). The van der Waals surface area contributed by atoms with Crippen LogP contribution in [-0.2, 0) is 0 Å². The quantitative estimate of drug-likeness (QED) is 0.495. The van der Waals surface area contributed by atoms with E-state index in [-0.39, 0.29) is 18.0 Å². The van der Waals surface area contributed by atoms with E-state index in [2.05, 4.69) is 15.3 Å². The predicted octanol–water partition coefficient (Wildman–Crippen LogP) is 4.60. The van der Waals surface area contributed by atoms with E-state index < -0.39 is 0 Å². The molecule has 1 fully saturated rings. The molecular weight excluding hydrogens is 410 g/mol. The summed E-state index contributed by atoms with van der Waals surface area (Å²) >= 11 is 1.54. The molecule has 7 nitrogen and oxygen atoms in total. The second kappa shape index (κ2) is 8.20. The number of amides is 1. The lowest BCUT2D eigenvalue weighted by Crippen LogP contribution is -2.30. The fraction of sp³-hybridized carbons (Fsp3) is 0.304. The second-order valence-corrected chi connectivity index (χ2v) is 8.67. The third-order valence-corrected chi connectivity index (χ3v) is 6.82. The Morgan fingerprint density at radius 2 is 2.06 bits per heavy atom. The molecule has 158 valence electrons. The topological polar surface area (TPSA) is 84.2 Å². The Hall–Kier alpha value is -3.10. The van der Waals surface area contributed by atoms with Gasteiger partial charge in [-0.15, -0.1) is 0 Å². The minimum absolute atomic E-state index is 0.0511. The van der Waals surface area contributed by atoms with Crippen molar-refractivity contribution in [2.75, 3.05) is 13.6 Å². The number of aromatic nitrogens is 3. The van der Waals surface area contributed by atoms with Crippen molar-refractivity contribution in [1.29, 1.82) is 0 Å². The second-order valence-electron chi connectivity index (χ2n) is 7.66. The lowest BCUT2D eigenvalue weighted by Gasteiger charge is -2.21. The Bertz CT molecular complexity index is 1220. The molecule has 4 aromatic rings. The highest BCUT2D eigenvalue weighted by Gasteiger charge is 2.34. The van der Waals surface area contributed by atoms with E-state index in [9.17, 15) is 4.79 Å². The summed E-state index contributed by atoms with van der Waals surface area (Å²) in [5.74, 6) is 1.03. The number of carbonyl (C=O) groups excluding carboxylic acids is 1. The van der Waals surface area contributed by atoms with Gasteiger partial charge in [0.15, 0.2) is 5.76 Å². The molecule has 31 heavy (non-hydrogen) atoms. The van der Waals surface area contributed by atoms with E-state index >= 15 is 0 Å². The summed E-state index contributed by atoms with van der Waals surface area (Å²) in [6, 6.07) is 13.6. The summed E-state index contributed by atoms with van der Waals surface area (Å²) in [7, 11) is 1.87. The number of likely N-dealkylation sites (tertiary alicyclic amines) is 1. The zero-order valence-electron chi connectivity index (χ0n) is 17.4. The average Bonchev–Trinajstić information content (AvgIpc) is 3.57. The molecule has 1 aliphatic rings. The van der Waals surface area contributed by atoms with Gasteiger partial charge in [-0.25, -0.2) is 15.0 Å². The van der Waals surface area contributed by atoms with Crippen molar-refractivity contribution in [3.63, 3.8) is 0 Å². The van der Waals surface area contributed by atoms with Crippen LogP contribution in [0.4, 0.5) is 0 Å². The van der Waals surface area contributed by atoms with Crippen LogP contribution < -0.4 is 5.32 Å². The Balaban J connectivity index is 1.47. The highest BCUT2D eigenvalue weighted by Crippen LogP contribution is 2.38. The summed E-state index contributed by atoms with van der Waals surface area (Å²) in [6.07, 6.45) is 3.39. The van der Waals surface area contributed by atoms with Gasteiger partial charge in [0.2, 0.25) is 0 Å². The van der Waals surface area contributed by atoms with Crippen LogP contribution in [0.15, 0.2) is 53.2 Å². The maximum Gasteiger partial charge on any atom is 0.290 e. The first-order chi connectivity index (χ1) is 15.2. The number of thiazole rings is 1. The van der Waals surface area contributed by atoms with E-state index in [1.54, 1.807) is 12.4 Å². The molecule has 1 unspecified atom stereocenters. The van der Waals surface area contributed by atoms with E-state index in [1.165, 1.54) is 11.3 Å². The van der Waals surface area contributed by atoms with Crippen LogP contribution in [0, 0.1) is 0 Å². The van der Waals surface area contributed by atoms with E-state index in [0.29, 0.717) is 12.3 Å². The lowest BCUT2D eigenvalue weighted by molar-refractivity contribution is 0.0700. The van der Waals surface area contributed by atoms with Crippen molar-refractivity contribution in [2.45, 2.75) is 31.8 Å². The number of fused-ring (bicyclic) bond motifs is 1. The lowest BCUT2D eigenvalue weighted by atomic mass is 10.1. The normalized spacial score (nSPS) is 17.4. The van der Waals surface area contributed by atoms with Gasteiger partial charge in [-0.3, -0.25) is 4.79 Å². The van der Waals surface area contributed by atoms with Crippen molar-refractivity contribution in [3.05, 3.63) is 65.3 Å². The van der Waals surface area contributed by atoms with Crippen LogP contribution in [0.25, 0.3) is 21.6 Å². The number of nitrogens with one attached hydrogen (secondary N) is 1. The van der Waals surface area contributed by atoms with E-state index in [4.69, 9.17) is 9.40 Å². The SMILES string of the molecule is CNC(C)c1ccc(C(=O)N2CCC[C@H]2c2nc3c(-c4ccccc4)ncnc3s2)o1. The molecule has 3 aromatic heterocycles. The van der Waals surface area contributed by atoms with E-state index in [0.717, 1.165) is 45.2 Å². The summed E-state index contributed by atoms with van der Waals surface area (Å²) in [4.78, 5) is 29.7. The monoisotopic (exact) mass is 433 g/mol. The van der Waals surface area contributed by atoms with Crippen molar-refractivity contribution >= 4 is 27.6 Å². The van der Waals surface area contributed by atoms with Gasteiger partial charge < -0.3 is 14.6 Å². The molecule has 1 amide bonds. The van der Waals surface area contributed by atoms with Crippen LogP contribution in [0.5, 0.6) is 0 Å². The number of hydrogen-bond donors (Lipinski definition) is 1. The van der Waals surface area contributed by atoms with Gasteiger partial charge in [0.05, 0.1) is 12.1 Å². The third kappa shape index (κ3) is 3.62. The molecule has 0 aliphatic carbocycles. The highest BCUT2D eigenvalue weighted by atomic mass is 32.1. The van der Waals surface area contributed by atoms with Crippen LogP contribution in [0.2, 0.25) is 0 Å². The summed E-state index contributed by atoms with van der Waals surface area (Å²) in [5.41, 5.74) is 2.62.